The van der Waals surface area contributed by atoms with Crippen LogP contribution in [0.4, 0.5) is 0 Å². The predicted molar refractivity (Wildman–Crippen MR) is 115 cm³/mol. The Morgan fingerprint density at radius 1 is 0.815 bits per heavy atom. The summed E-state index contributed by atoms with van der Waals surface area (Å²) in [4.78, 5) is 10.3. The summed E-state index contributed by atoms with van der Waals surface area (Å²) < 4.78 is 0. The van der Waals surface area contributed by atoms with E-state index >= 15 is 0 Å². The van der Waals surface area contributed by atoms with E-state index in [1.54, 1.807) is 24.3 Å². The first-order valence-corrected chi connectivity index (χ1v) is 10.4. The number of para-hydroxylation sites is 1. The third-order valence-electron chi connectivity index (χ3n) is 4.10. The van der Waals surface area contributed by atoms with Gasteiger partial charge in [-0.3, -0.25) is 4.79 Å². The van der Waals surface area contributed by atoms with Crippen LogP contribution in [0.2, 0.25) is 0 Å². The van der Waals surface area contributed by atoms with Crippen LogP contribution in [0.5, 0.6) is 5.75 Å². The van der Waals surface area contributed by atoms with Crippen LogP contribution in [0, 0.1) is 0 Å². The number of aromatic hydroxyl groups is 1. The highest BCUT2D eigenvalue weighted by Gasteiger charge is 1.95. The Morgan fingerprint density at radius 3 is 1.89 bits per heavy atom. The van der Waals surface area contributed by atoms with E-state index in [9.17, 15) is 4.79 Å². The zero-order valence-electron chi connectivity index (χ0n) is 17.0. The average Bonchev–Trinajstić information content (AvgIpc) is 2.66. The van der Waals surface area contributed by atoms with Gasteiger partial charge in [0.05, 0.1) is 0 Å². The minimum atomic E-state index is -0.671. The number of benzene rings is 1. The second kappa shape index (κ2) is 20.3. The molecule has 0 spiro atoms. The van der Waals surface area contributed by atoms with E-state index < -0.39 is 5.97 Å². The summed E-state index contributed by atoms with van der Waals surface area (Å²) in [7, 11) is 0. The Labute approximate surface area is 165 Å². The van der Waals surface area contributed by atoms with Crippen molar-refractivity contribution in [1.82, 2.24) is 0 Å². The highest BCUT2D eigenvalue weighted by Crippen LogP contribution is 2.08. The number of phenolic OH excluding ortho intramolecular Hbond substituents is 1. The van der Waals surface area contributed by atoms with Gasteiger partial charge in [0.25, 0.3) is 0 Å². The van der Waals surface area contributed by atoms with Crippen LogP contribution in [-0.2, 0) is 4.79 Å². The fraction of sp³-hybridized carbons (Fsp3) is 0.542. The van der Waals surface area contributed by atoms with Gasteiger partial charge in [-0.05, 0) is 50.7 Å². The van der Waals surface area contributed by atoms with Crippen molar-refractivity contribution in [2.75, 3.05) is 0 Å². The number of hydrogen-bond acceptors (Lipinski definition) is 2. The van der Waals surface area contributed by atoms with E-state index in [2.05, 4.69) is 31.2 Å². The molecular formula is C24H38O3. The summed E-state index contributed by atoms with van der Waals surface area (Å²) in [6, 6.07) is 8.71. The van der Waals surface area contributed by atoms with E-state index in [1.807, 2.05) is 6.07 Å². The maximum absolute atomic E-state index is 10.3. The second-order valence-corrected chi connectivity index (χ2v) is 6.71. The van der Waals surface area contributed by atoms with Gasteiger partial charge in [-0.15, -0.1) is 0 Å². The van der Waals surface area contributed by atoms with Crippen LogP contribution >= 0.6 is 0 Å². The van der Waals surface area contributed by atoms with Crippen LogP contribution in [0.3, 0.4) is 0 Å². The van der Waals surface area contributed by atoms with Gasteiger partial charge in [-0.25, -0.2) is 0 Å². The van der Waals surface area contributed by atoms with Crippen molar-refractivity contribution in [1.29, 1.82) is 0 Å². The van der Waals surface area contributed by atoms with Gasteiger partial charge >= 0.3 is 5.97 Å². The molecule has 1 rings (SSSR count). The van der Waals surface area contributed by atoms with Crippen molar-refractivity contribution in [3.8, 4) is 5.75 Å². The first-order valence-electron chi connectivity index (χ1n) is 10.4. The summed E-state index contributed by atoms with van der Waals surface area (Å²) in [6.45, 7) is 2.23. The van der Waals surface area contributed by atoms with E-state index in [-0.39, 0.29) is 0 Å². The normalized spacial score (nSPS) is 10.9. The van der Waals surface area contributed by atoms with Crippen molar-refractivity contribution >= 4 is 5.97 Å². The molecule has 0 radical (unpaired) electrons. The summed E-state index contributed by atoms with van der Waals surface area (Å²) in [5.74, 6) is -0.349. The number of aliphatic carboxylic acids is 1. The van der Waals surface area contributed by atoms with Gasteiger partial charge in [-0.2, -0.15) is 0 Å². The number of phenols is 1. The SMILES string of the molecule is CCCCC/C=C\C/C=C\CCCCCCCC(=O)O.Oc1ccccc1. The van der Waals surface area contributed by atoms with Gasteiger partial charge in [0.15, 0.2) is 0 Å². The van der Waals surface area contributed by atoms with Gasteiger partial charge in [0.1, 0.15) is 5.75 Å². The number of allylic oxidation sites excluding steroid dienone is 4. The Morgan fingerprint density at radius 2 is 1.37 bits per heavy atom. The third kappa shape index (κ3) is 21.9. The topological polar surface area (TPSA) is 57.5 Å². The molecule has 27 heavy (non-hydrogen) atoms. The molecule has 152 valence electrons. The molecule has 0 bridgehead atoms. The fourth-order valence-electron chi connectivity index (χ4n) is 2.52. The molecule has 0 saturated heterocycles. The summed E-state index contributed by atoms with van der Waals surface area (Å²) >= 11 is 0. The van der Waals surface area contributed by atoms with Gasteiger partial charge in [-0.1, -0.05) is 81.5 Å². The lowest BCUT2D eigenvalue weighted by molar-refractivity contribution is -0.137. The molecule has 0 aliphatic heterocycles. The maximum atomic E-state index is 10.3. The number of unbranched alkanes of at least 4 members (excludes halogenated alkanes) is 8. The highest BCUT2D eigenvalue weighted by atomic mass is 16.4. The Bertz CT molecular complexity index is 492. The average molecular weight is 375 g/mol. The van der Waals surface area contributed by atoms with Crippen LogP contribution in [0.15, 0.2) is 54.6 Å². The van der Waals surface area contributed by atoms with Crippen LogP contribution in [0.25, 0.3) is 0 Å². The molecule has 3 heteroatoms. The van der Waals surface area contributed by atoms with Crippen molar-refractivity contribution in [3.63, 3.8) is 0 Å². The molecule has 3 nitrogen and oxygen atoms in total. The molecule has 0 aliphatic rings. The lowest BCUT2D eigenvalue weighted by atomic mass is 10.1. The first-order chi connectivity index (χ1) is 13.2. The minimum Gasteiger partial charge on any atom is -0.508 e. The minimum absolute atomic E-state index is 0.322. The number of carbonyl (C=O) groups is 1. The molecule has 0 saturated carbocycles. The van der Waals surface area contributed by atoms with Crippen molar-refractivity contribution in [2.24, 2.45) is 0 Å². The zero-order valence-corrected chi connectivity index (χ0v) is 17.0. The molecule has 1 aromatic carbocycles. The van der Waals surface area contributed by atoms with Crippen LogP contribution in [-0.4, -0.2) is 16.2 Å². The molecule has 0 amide bonds. The maximum Gasteiger partial charge on any atom is 0.303 e. The molecule has 0 fully saturated rings. The Kier molecular flexibility index (Phi) is 18.8. The summed E-state index contributed by atoms with van der Waals surface area (Å²) in [6.07, 6.45) is 22.3. The standard InChI is InChI=1S/C18H32O2.C6H6O/c1-2-3-4-5-6-7-8-9-10-11-12-13-14-15-16-17-18(19)20;7-6-4-2-1-3-5-6/h6-7,9-10H,2-5,8,11-17H2,1H3,(H,19,20);1-5,7H/b7-6-,10-9-;. The summed E-state index contributed by atoms with van der Waals surface area (Å²) in [5.41, 5.74) is 0. The van der Waals surface area contributed by atoms with E-state index in [0.29, 0.717) is 12.2 Å². The van der Waals surface area contributed by atoms with Gasteiger partial charge in [0.2, 0.25) is 0 Å². The van der Waals surface area contributed by atoms with Crippen LogP contribution in [0.1, 0.15) is 84.0 Å². The Hall–Kier alpha value is -2.03. The van der Waals surface area contributed by atoms with Crippen LogP contribution < -0.4 is 0 Å². The molecule has 0 unspecified atom stereocenters. The smallest absolute Gasteiger partial charge is 0.303 e. The predicted octanol–water partition coefficient (Wildman–Crippen LogP) is 7.28. The lowest BCUT2D eigenvalue weighted by Crippen LogP contribution is -1.93. The lowest BCUT2D eigenvalue weighted by Gasteiger charge is -1.98. The first kappa shape index (κ1) is 25.0. The largest absolute Gasteiger partial charge is 0.508 e. The summed E-state index contributed by atoms with van der Waals surface area (Å²) in [5, 5.41) is 17.1. The molecule has 0 heterocycles. The molecule has 1 aromatic rings. The monoisotopic (exact) mass is 374 g/mol. The number of carboxylic acid groups (broad SMARTS) is 1. The van der Waals surface area contributed by atoms with Gasteiger partial charge in [0, 0.05) is 6.42 Å². The quantitative estimate of drug-likeness (QED) is 0.266. The molecule has 0 aromatic heterocycles. The van der Waals surface area contributed by atoms with Gasteiger partial charge < -0.3 is 10.2 Å². The molecular weight excluding hydrogens is 336 g/mol. The third-order valence-corrected chi connectivity index (χ3v) is 4.10. The van der Waals surface area contributed by atoms with Crippen molar-refractivity contribution in [2.45, 2.75) is 84.0 Å². The highest BCUT2D eigenvalue weighted by molar-refractivity contribution is 5.66. The zero-order chi connectivity index (χ0) is 20.0. The fourth-order valence-corrected chi connectivity index (χ4v) is 2.52. The van der Waals surface area contributed by atoms with E-state index in [0.717, 1.165) is 25.7 Å². The number of hydrogen-bond donors (Lipinski definition) is 2. The van der Waals surface area contributed by atoms with E-state index in [4.69, 9.17) is 10.2 Å². The number of carboxylic acids is 1. The van der Waals surface area contributed by atoms with Crippen molar-refractivity contribution in [3.05, 3.63) is 54.6 Å². The van der Waals surface area contributed by atoms with E-state index in [1.165, 1.54) is 44.9 Å². The molecule has 2 N–H and O–H groups in total. The number of rotatable bonds is 14. The molecule has 0 aliphatic carbocycles. The molecule has 0 atom stereocenters. The second-order valence-electron chi connectivity index (χ2n) is 6.71. The Balaban J connectivity index is 0.000000797. The van der Waals surface area contributed by atoms with Crippen molar-refractivity contribution < 1.29 is 15.0 Å².